The summed E-state index contributed by atoms with van der Waals surface area (Å²) in [4.78, 5) is 5.03. The van der Waals surface area contributed by atoms with Gasteiger partial charge in [-0.2, -0.15) is 5.10 Å². The summed E-state index contributed by atoms with van der Waals surface area (Å²) in [6.07, 6.45) is 10.3. The Morgan fingerprint density at radius 2 is 2.05 bits per heavy atom. The molecule has 0 aromatic carbocycles. The second kappa shape index (κ2) is 6.49. The maximum Gasteiger partial charge on any atom is 0.0537 e. The van der Waals surface area contributed by atoms with Gasteiger partial charge in [-0.05, 0) is 59.3 Å². The predicted molar refractivity (Wildman–Crippen MR) is 86.4 cm³/mol. The first-order valence-electron chi connectivity index (χ1n) is 8.54. The number of aromatic nitrogens is 2. The molecule has 0 amide bonds. The molecule has 118 valence electrons. The zero-order valence-corrected chi connectivity index (χ0v) is 13.9. The molecular weight excluding hydrogens is 260 g/mol. The first-order chi connectivity index (χ1) is 10.1. The first kappa shape index (κ1) is 15.0. The van der Waals surface area contributed by atoms with Gasteiger partial charge in [-0.25, -0.2) is 0 Å². The number of rotatable bonds is 6. The van der Waals surface area contributed by atoms with E-state index in [1.165, 1.54) is 62.9 Å². The number of nitrogens with zero attached hydrogens (tertiary/aromatic N) is 4. The summed E-state index contributed by atoms with van der Waals surface area (Å²) in [6.45, 7) is 3.57. The standard InChI is InChI=1S/C17H30N4/c1-19(2)11-9-16-6-4-5-10-21(16)13-15-12-18-20(3)17(15)14-7-8-14/h12,14,16H,4-11,13H2,1-3H3/t16-/m0/s1. The van der Waals surface area contributed by atoms with Crippen LogP contribution in [0.1, 0.15) is 55.7 Å². The van der Waals surface area contributed by atoms with E-state index in [0.717, 1.165) is 18.5 Å². The van der Waals surface area contributed by atoms with Crippen molar-refractivity contribution in [3.63, 3.8) is 0 Å². The predicted octanol–water partition coefficient (Wildman–Crippen LogP) is 2.60. The van der Waals surface area contributed by atoms with Crippen molar-refractivity contribution in [3.8, 4) is 0 Å². The number of hydrogen-bond donors (Lipinski definition) is 0. The fourth-order valence-corrected chi connectivity index (χ4v) is 3.72. The fraction of sp³-hybridized carbons (Fsp3) is 0.824. The van der Waals surface area contributed by atoms with Crippen molar-refractivity contribution in [1.29, 1.82) is 0 Å². The second-order valence-electron chi connectivity index (χ2n) is 7.16. The normalized spacial score (nSPS) is 23.9. The van der Waals surface area contributed by atoms with E-state index >= 15 is 0 Å². The molecule has 0 radical (unpaired) electrons. The summed E-state index contributed by atoms with van der Waals surface area (Å²) in [5, 5.41) is 4.52. The summed E-state index contributed by atoms with van der Waals surface area (Å²) in [5.74, 6) is 0.789. The zero-order valence-electron chi connectivity index (χ0n) is 13.9. The minimum Gasteiger partial charge on any atom is -0.309 e. The highest BCUT2D eigenvalue weighted by molar-refractivity contribution is 5.25. The zero-order chi connectivity index (χ0) is 14.8. The number of likely N-dealkylation sites (tertiary alicyclic amines) is 1. The van der Waals surface area contributed by atoms with Gasteiger partial charge in [-0.15, -0.1) is 0 Å². The van der Waals surface area contributed by atoms with Crippen molar-refractivity contribution < 1.29 is 0 Å². The molecule has 1 saturated carbocycles. The van der Waals surface area contributed by atoms with Gasteiger partial charge >= 0.3 is 0 Å². The van der Waals surface area contributed by atoms with E-state index in [2.05, 4.69) is 46.9 Å². The van der Waals surface area contributed by atoms with Crippen LogP contribution in [0.5, 0.6) is 0 Å². The van der Waals surface area contributed by atoms with Crippen LogP contribution in [-0.2, 0) is 13.6 Å². The monoisotopic (exact) mass is 290 g/mol. The van der Waals surface area contributed by atoms with Gasteiger partial charge in [-0.1, -0.05) is 6.42 Å². The van der Waals surface area contributed by atoms with Crippen LogP contribution < -0.4 is 0 Å². The van der Waals surface area contributed by atoms with E-state index in [1.54, 1.807) is 0 Å². The molecule has 1 aliphatic carbocycles. The highest BCUT2D eigenvalue weighted by atomic mass is 15.3. The molecule has 0 unspecified atom stereocenters. The lowest BCUT2D eigenvalue weighted by atomic mass is 9.98. The van der Waals surface area contributed by atoms with Gasteiger partial charge in [0.25, 0.3) is 0 Å². The van der Waals surface area contributed by atoms with E-state index in [1.807, 2.05) is 0 Å². The van der Waals surface area contributed by atoms with Crippen LogP contribution in [0.2, 0.25) is 0 Å². The van der Waals surface area contributed by atoms with E-state index in [0.29, 0.717) is 0 Å². The van der Waals surface area contributed by atoms with Crippen molar-refractivity contribution in [2.45, 2.75) is 57.0 Å². The molecule has 4 nitrogen and oxygen atoms in total. The molecule has 4 heteroatoms. The molecule has 0 spiro atoms. The summed E-state index contributed by atoms with van der Waals surface area (Å²) >= 11 is 0. The van der Waals surface area contributed by atoms with Crippen LogP contribution in [-0.4, -0.2) is 52.8 Å². The van der Waals surface area contributed by atoms with Gasteiger partial charge in [0.05, 0.1) is 6.20 Å². The van der Waals surface area contributed by atoms with Crippen molar-refractivity contribution in [2.24, 2.45) is 7.05 Å². The molecular formula is C17H30N4. The first-order valence-corrected chi connectivity index (χ1v) is 8.54. The van der Waals surface area contributed by atoms with Gasteiger partial charge in [0.2, 0.25) is 0 Å². The molecule has 2 fully saturated rings. The van der Waals surface area contributed by atoms with Crippen LogP contribution in [0.3, 0.4) is 0 Å². The quantitative estimate of drug-likeness (QED) is 0.805. The molecule has 1 saturated heterocycles. The van der Waals surface area contributed by atoms with Crippen LogP contribution in [0.25, 0.3) is 0 Å². The molecule has 1 aromatic heterocycles. The third-order valence-electron chi connectivity index (χ3n) is 5.06. The largest absolute Gasteiger partial charge is 0.309 e. The molecule has 1 aromatic rings. The SMILES string of the molecule is CN(C)CC[C@@H]1CCCCN1Cc1cnn(C)c1C1CC1. The molecule has 2 aliphatic rings. The maximum atomic E-state index is 4.52. The Labute approximate surface area is 129 Å². The minimum atomic E-state index is 0.758. The van der Waals surface area contributed by atoms with Crippen molar-refractivity contribution in [1.82, 2.24) is 19.6 Å². The summed E-state index contributed by atoms with van der Waals surface area (Å²) in [7, 11) is 6.47. The fourth-order valence-electron chi connectivity index (χ4n) is 3.72. The van der Waals surface area contributed by atoms with Gasteiger partial charge in [0.15, 0.2) is 0 Å². The number of piperidine rings is 1. The molecule has 2 heterocycles. The number of aryl methyl sites for hydroxylation is 1. The minimum absolute atomic E-state index is 0.758. The molecule has 3 rings (SSSR count). The average molecular weight is 290 g/mol. The molecule has 1 aliphatic heterocycles. The van der Waals surface area contributed by atoms with Gasteiger partial charge in [0, 0.05) is 36.8 Å². The van der Waals surface area contributed by atoms with Gasteiger partial charge < -0.3 is 4.90 Å². The van der Waals surface area contributed by atoms with Crippen LogP contribution in [0.15, 0.2) is 6.20 Å². The summed E-state index contributed by atoms with van der Waals surface area (Å²) in [6, 6.07) is 0.758. The summed E-state index contributed by atoms with van der Waals surface area (Å²) in [5.41, 5.74) is 2.99. The highest BCUT2D eigenvalue weighted by Gasteiger charge is 2.31. The van der Waals surface area contributed by atoms with Crippen LogP contribution >= 0.6 is 0 Å². The van der Waals surface area contributed by atoms with E-state index in [9.17, 15) is 0 Å². The molecule has 0 N–H and O–H groups in total. The van der Waals surface area contributed by atoms with Crippen molar-refractivity contribution in [2.75, 3.05) is 27.2 Å². The third kappa shape index (κ3) is 3.67. The van der Waals surface area contributed by atoms with Gasteiger partial charge in [0.1, 0.15) is 0 Å². The summed E-state index contributed by atoms with van der Waals surface area (Å²) < 4.78 is 2.12. The Kier molecular flexibility index (Phi) is 4.65. The van der Waals surface area contributed by atoms with Crippen LogP contribution in [0.4, 0.5) is 0 Å². The van der Waals surface area contributed by atoms with E-state index in [-0.39, 0.29) is 0 Å². The van der Waals surface area contributed by atoms with Crippen molar-refractivity contribution in [3.05, 3.63) is 17.5 Å². The Hall–Kier alpha value is -0.870. The van der Waals surface area contributed by atoms with E-state index < -0.39 is 0 Å². The van der Waals surface area contributed by atoms with E-state index in [4.69, 9.17) is 0 Å². The molecule has 1 atom stereocenters. The lowest BCUT2D eigenvalue weighted by molar-refractivity contribution is 0.124. The molecule has 0 bridgehead atoms. The Bertz CT molecular complexity index is 461. The van der Waals surface area contributed by atoms with Gasteiger partial charge in [-0.3, -0.25) is 9.58 Å². The van der Waals surface area contributed by atoms with Crippen molar-refractivity contribution >= 4 is 0 Å². The smallest absolute Gasteiger partial charge is 0.0537 e. The molecule has 21 heavy (non-hydrogen) atoms. The topological polar surface area (TPSA) is 24.3 Å². The van der Waals surface area contributed by atoms with Crippen LogP contribution in [0, 0.1) is 0 Å². The Balaban J connectivity index is 1.66. The Morgan fingerprint density at radius 3 is 2.76 bits per heavy atom. The average Bonchev–Trinajstić information content (AvgIpc) is 3.23. The lowest BCUT2D eigenvalue weighted by Crippen LogP contribution is -2.40. The highest BCUT2D eigenvalue weighted by Crippen LogP contribution is 2.41. The Morgan fingerprint density at radius 1 is 1.24 bits per heavy atom. The lowest BCUT2D eigenvalue weighted by Gasteiger charge is -2.36. The number of hydrogen-bond acceptors (Lipinski definition) is 3. The maximum absolute atomic E-state index is 4.52. The third-order valence-corrected chi connectivity index (χ3v) is 5.06. The second-order valence-corrected chi connectivity index (χ2v) is 7.16.